The second kappa shape index (κ2) is 9.91. The minimum atomic E-state index is -0.863. The monoisotopic (exact) mass is 570 g/mol. The first kappa shape index (κ1) is 30.7. The fraction of sp³-hybridized carbons (Fsp3) is 0.886. The van der Waals surface area contributed by atoms with E-state index in [1.165, 1.54) is 13.8 Å². The highest BCUT2D eigenvalue weighted by Gasteiger charge is 2.73. The van der Waals surface area contributed by atoms with Gasteiger partial charge in [0, 0.05) is 37.0 Å². The number of esters is 2. The first-order chi connectivity index (χ1) is 19.0. The molecule has 0 saturated heterocycles. The molecule has 5 aliphatic carbocycles. The third-order valence-corrected chi connectivity index (χ3v) is 14.4. The van der Waals surface area contributed by atoms with Gasteiger partial charge in [-0.2, -0.15) is 0 Å². The van der Waals surface area contributed by atoms with Crippen LogP contribution in [0.3, 0.4) is 0 Å². The summed E-state index contributed by atoms with van der Waals surface area (Å²) in [6.45, 7) is 19.4. The molecule has 0 heterocycles. The standard InChI is InChI=1S/C35H54O6/c1-20(2)29-24(39)18-35(28(19-36)41-22(4)38)17-16-33(8)23(30(29)35)10-11-26-32(7)14-13-27(40-21(3)37)31(5,6)25(32)12-15-34(26,33)9/h19-20,23,25-30H,10-18H2,1-9H3/t23?,25-,26+,27-,28?,29?,30?,32-,33+,34+,35-/m0/s1. The Hall–Kier alpha value is -1.72. The van der Waals surface area contributed by atoms with Crippen molar-refractivity contribution in [1.29, 1.82) is 0 Å². The van der Waals surface area contributed by atoms with Gasteiger partial charge in [0.25, 0.3) is 0 Å². The van der Waals surface area contributed by atoms with Crippen LogP contribution in [-0.4, -0.2) is 36.2 Å². The molecule has 6 heteroatoms. The molecule has 5 saturated carbocycles. The summed E-state index contributed by atoms with van der Waals surface area (Å²) in [5, 5.41) is 0. The van der Waals surface area contributed by atoms with Crippen molar-refractivity contribution < 1.29 is 28.7 Å². The second-order valence-electron chi connectivity index (χ2n) is 16.5. The van der Waals surface area contributed by atoms with Crippen LogP contribution in [0.25, 0.3) is 0 Å². The van der Waals surface area contributed by atoms with Gasteiger partial charge in [0.2, 0.25) is 0 Å². The molecule has 0 amide bonds. The molecule has 0 aliphatic heterocycles. The summed E-state index contributed by atoms with van der Waals surface area (Å²) in [5.41, 5.74) is -0.402. The molecule has 0 aromatic rings. The van der Waals surface area contributed by atoms with E-state index < -0.39 is 17.5 Å². The maximum absolute atomic E-state index is 13.8. The molecule has 41 heavy (non-hydrogen) atoms. The Bertz CT molecular complexity index is 1110. The molecule has 5 rings (SSSR count). The second-order valence-corrected chi connectivity index (χ2v) is 16.5. The summed E-state index contributed by atoms with van der Waals surface area (Å²) < 4.78 is 11.6. The quantitative estimate of drug-likeness (QED) is 0.262. The summed E-state index contributed by atoms with van der Waals surface area (Å²) in [6, 6.07) is 0. The number of hydrogen-bond acceptors (Lipinski definition) is 6. The van der Waals surface area contributed by atoms with Crippen LogP contribution in [0.15, 0.2) is 0 Å². The number of rotatable bonds is 5. The Morgan fingerprint density at radius 2 is 1.54 bits per heavy atom. The van der Waals surface area contributed by atoms with Gasteiger partial charge in [-0.05, 0) is 97.2 Å². The number of hydrogen-bond donors (Lipinski definition) is 0. The van der Waals surface area contributed by atoms with Gasteiger partial charge in [0.15, 0.2) is 12.4 Å². The van der Waals surface area contributed by atoms with Crippen LogP contribution in [0, 0.1) is 62.6 Å². The number of ketones is 1. The molecule has 6 nitrogen and oxygen atoms in total. The number of carbonyl (C=O) groups excluding carboxylic acids is 4. The molecule has 11 atom stereocenters. The van der Waals surface area contributed by atoms with Crippen molar-refractivity contribution >= 4 is 24.0 Å². The molecule has 0 aromatic heterocycles. The minimum absolute atomic E-state index is 0.0242. The lowest BCUT2D eigenvalue weighted by molar-refractivity contribution is -0.256. The van der Waals surface area contributed by atoms with E-state index in [2.05, 4.69) is 48.5 Å². The van der Waals surface area contributed by atoms with Crippen LogP contribution in [0.4, 0.5) is 0 Å². The van der Waals surface area contributed by atoms with Crippen molar-refractivity contribution in [2.75, 3.05) is 0 Å². The van der Waals surface area contributed by atoms with Crippen molar-refractivity contribution in [3.63, 3.8) is 0 Å². The number of aldehydes is 1. The van der Waals surface area contributed by atoms with E-state index in [0.717, 1.165) is 57.7 Å². The van der Waals surface area contributed by atoms with Crippen LogP contribution in [0.1, 0.15) is 120 Å². The van der Waals surface area contributed by atoms with E-state index in [-0.39, 0.29) is 57.3 Å². The Labute approximate surface area is 247 Å². The van der Waals surface area contributed by atoms with Crippen molar-refractivity contribution in [2.24, 2.45) is 62.6 Å². The zero-order valence-electron chi connectivity index (χ0n) is 27.0. The van der Waals surface area contributed by atoms with Crippen molar-refractivity contribution in [2.45, 2.75) is 132 Å². The molecular weight excluding hydrogens is 516 g/mol. The Kier molecular flexibility index (Phi) is 7.43. The van der Waals surface area contributed by atoms with Gasteiger partial charge in [-0.1, -0.05) is 48.5 Å². The summed E-state index contributed by atoms with van der Waals surface area (Å²) in [5.74, 6) is 1.07. The van der Waals surface area contributed by atoms with E-state index >= 15 is 0 Å². The van der Waals surface area contributed by atoms with Crippen LogP contribution >= 0.6 is 0 Å². The highest BCUT2D eigenvalue weighted by Crippen LogP contribution is 2.77. The van der Waals surface area contributed by atoms with E-state index in [4.69, 9.17) is 9.47 Å². The highest BCUT2D eigenvalue weighted by molar-refractivity contribution is 5.86. The molecule has 0 radical (unpaired) electrons. The normalized spacial score (nSPS) is 47.3. The smallest absolute Gasteiger partial charge is 0.303 e. The summed E-state index contributed by atoms with van der Waals surface area (Å²) in [4.78, 5) is 50.4. The molecule has 230 valence electrons. The first-order valence-corrected chi connectivity index (χ1v) is 16.3. The predicted molar refractivity (Wildman–Crippen MR) is 157 cm³/mol. The summed E-state index contributed by atoms with van der Waals surface area (Å²) in [6.07, 6.45) is 8.33. The van der Waals surface area contributed by atoms with Crippen molar-refractivity contribution in [3.8, 4) is 0 Å². The Morgan fingerprint density at radius 1 is 0.854 bits per heavy atom. The molecule has 0 N–H and O–H groups in total. The van der Waals surface area contributed by atoms with Crippen molar-refractivity contribution in [1.82, 2.24) is 0 Å². The van der Waals surface area contributed by atoms with Gasteiger partial charge in [-0.25, -0.2) is 0 Å². The van der Waals surface area contributed by atoms with Crippen LogP contribution in [0.2, 0.25) is 0 Å². The Balaban J connectivity index is 1.55. The Morgan fingerprint density at radius 3 is 2.12 bits per heavy atom. The van der Waals surface area contributed by atoms with Gasteiger partial charge in [-0.3, -0.25) is 19.2 Å². The zero-order chi connectivity index (χ0) is 30.3. The van der Waals surface area contributed by atoms with E-state index in [1.807, 2.05) is 0 Å². The maximum Gasteiger partial charge on any atom is 0.303 e. The largest absolute Gasteiger partial charge is 0.462 e. The fourth-order valence-corrected chi connectivity index (χ4v) is 12.6. The van der Waals surface area contributed by atoms with Gasteiger partial charge in [0.1, 0.15) is 11.9 Å². The first-order valence-electron chi connectivity index (χ1n) is 16.3. The zero-order valence-corrected chi connectivity index (χ0v) is 27.0. The summed E-state index contributed by atoms with van der Waals surface area (Å²) in [7, 11) is 0. The average molecular weight is 571 g/mol. The number of fused-ring (bicyclic) bond motifs is 7. The lowest BCUT2D eigenvalue weighted by Crippen LogP contribution is -2.67. The molecule has 0 aromatic carbocycles. The van der Waals surface area contributed by atoms with E-state index in [9.17, 15) is 19.2 Å². The molecule has 0 spiro atoms. The molecule has 5 fully saturated rings. The topological polar surface area (TPSA) is 86.7 Å². The highest BCUT2D eigenvalue weighted by atomic mass is 16.5. The van der Waals surface area contributed by atoms with Crippen LogP contribution in [0.5, 0.6) is 0 Å². The van der Waals surface area contributed by atoms with Crippen molar-refractivity contribution in [3.05, 3.63) is 0 Å². The third-order valence-electron chi connectivity index (χ3n) is 14.4. The number of Topliss-reactive ketones (excluding diaryl/α,β-unsaturated/α-hetero) is 1. The summed E-state index contributed by atoms with van der Waals surface area (Å²) >= 11 is 0. The number of carbonyl (C=O) groups is 4. The maximum atomic E-state index is 13.8. The lowest BCUT2D eigenvalue weighted by Gasteiger charge is -2.73. The van der Waals surface area contributed by atoms with Crippen LogP contribution < -0.4 is 0 Å². The fourth-order valence-electron chi connectivity index (χ4n) is 12.6. The third kappa shape index (κ3) is 4.14. The van der Waals surface area contributed by atoms with E-state index in [0.29, 0.717) is 24.2 Å². The van der Waals surface area contributed by atoms with Crippen LogP contribution in [-0.2, 0) is 28.7 Å². The SMILES string of the molecule is CC(=O)OC(C=O)[C@@]12CC[C@]3(C)C(CC[C@@H]4[C@@]5(C)CC[C@H](OC(C)=O)C(C)(C)[C@@H]5CC[C@]43C)C1C(C(C)C)C(=O)C2. The predicted octanol–water partition coefficient (Wildman–Crippen LogP) is 6.97. The molecule has 4 unspecified atom stereocenters. The molecule has 0 bridgehead atoms. The average Bonchev–Trinajstić information content (AvgIpc) is 3.17. The molecular formula is C35H54O6. The van der Waals surface area contributed by atoms with Gasteiger partial charge >= 0.3 is 11.9 Å². The number of ether oxygens (including phenoxy) is 2. The van der Waals surface area contributed by atoms with Gasteiger partial charge < -0.3 is 9.47 Å². The lowest BCUT2D eigenvalue weighted by atomic mass is 9.32. The minimum Gasteiger partial charge on any atom is -0.462 e. The molecule has 5 aliphatic rings. The van der Waals surface area contributed by atoms with E-state index in [1.54, 1.807) is 0 Å². The van der Waals surface area contributed by atoms with Gasteiger partial charge in [0.05, 0.1) is 0 Å². The van der Waals surface area contributed by atoms with Gasteiger partial charge in [-0.15, -0.1) is 0 Å².